The molecule has 0 aromatic heterocycles. The number of aliphatic hydroxyl groups is 1. The van der Waals surface area contributed by atoms with Crippen LogP contribution in [-0.4, -0.2) is 33.7 Å². The quantitative estimate of drug-likeness (QED) is 0.670. The molecule has 0 radical (unpaired) electrons. The van der Waals surface area contributed by atoms with Gasteiger partial charge in [-0.2, -0.15) is 0 Å². The predicted octanol–water partition coefficient (Wildman–Crippen LogP) is 1.77. The summed E-state index contributed by atoms with van der Waals surface area (Å²) in [7, 11) is 0. The molecular weight excluding hydrogens is 162 g/mol. The summed E-state index contributed by atoms with van der Waals surface area (Å²) in [5.41, 5.74) is -0.0940. The van der Waals surface area contributed by atoms with Gasteiger partial charge in [-0.3, -0.25) is 4.90 Å². The molecule has 13 heavy (non-hydrogen) atoms. The molecule has 1 atom stereocenters. The summed E-state index contributed by atoms with van der Waals surface area (Å²) in [4.78, 5) is 2.49. The van der Waals surface area contributed by atoms with E-state index in [9.17, 15) is 5.11 Å². The first-order valence-corrected chi connectivity index (χ1v) is 5.43. The smallest absolute Gasteiger partial charge is 0.0804 e. The second-order valence-corrected chi connectivity index (χ2v) is 5.63. The molecule has 2 nitrogen and oxygen atoms in total. The monoisotopic (exact) mass is 183 g/mol. The zero-order valence-electron chi connectivity index (χ0n) is 9.01. The van der Waals surface area contributed by atoms with Crippen LogP contribution >= 0.6 is 0 Å². The van der Waals surface area contributed by atoms with E-state index in [1.54, 1.807) is 0 Å². The minimum atomic E-state index is -0.316. The molecule has 1 aliphatic heterocycles. The van der Waals surface area contributed by atoms with Crippen LogP contribution in [0.5, 0.6) is 0 Å². The average Bonchev–Trinajstić information content (AvgIpc) is 2.60. The van der Waals surface area contributed by atoms with Crippen molar-refractivity contribution in [3.8, 4) is 0 Å². The van der Waals surface area contributed by atoms with Gasteiger partial charge in [0.05, 0.1) is 5.60 Å². The van der Waals surface area contributed by atoms with E-state index in [0.29, 0.717) is 6.04 Å². The molecule has 2 heteroatoms. The van der Waals surface area contributed by atoms with Gasteiger partial charge in [0.1, 0.15) is 0 Å². The molecule has 1 saturated carbocycles. The lowest BCUT2D eigenvalue weighted by Gasteiger charge is -2.39. The molecule has 0 aromatic carbocycles. The van der Waals surface area contributed by atoms with Crippen LogP contribution in [0.1, 0.15) is 46.5 Å². The Hall–Kier alpha value is -0.0800. The normalized spacial score (nSPS) is 33.7. The van der Waals surface area contributed by atoms with Gasteiger partial charge in [0.2, 0.25) is 0 Å². The molecule has 1 aliphatic carbocycles. The minimum absolute atomic E-state index is 0.222. The number of rotatable bonds is 1. The van der Waals surface area contributed by atoms with Crippen LogP contribution in [0, 0.1) is 0 Å². The average molecular weight is 183 g/mol. The van der Waals surface area contributed by atoms with Crippen molar-refractivity contribution in [2.75, 3.05) is 6.54 Å². The number of likely N-dealkylation sites (tertiary alicyclic amines) is 1. The lowest BCUT2D eigenvalue weighted by molar-refractivity contribution is 0.00956. The Morgan fingerprint density at radius 1 is 1.31 bits per heavy atom. The van der Waals surface area contributed by atoms with Gasteiger partial charge in [0.25, 0.3) is 0 Å². The number of hydrogen-bond acceptors (Lipinski definition) is 2. The van der Waals surface area contributed by atoms with Crippen LogP contribution in [0.3, 0.4) is 0 Å². The zero-order chi connectivity index (χ0) is 9.69. The van der Waals surface area contributed by atoms with E-state index in [-0.39, 0.29) is 11.1 Å². The zero-order valence-corrected chi connectivity index (χ0v) is 9.01. The van der Waals surface area contributed by atoms with Crippen molar-refractivity contribution in [2.24, 2.45) is 0 Å². The van der Waals surface area contributed by atoms with Crippen LogP contribution in [-0.2, 0) is 0 Å². The Bertz CT molecular complexity index is 191. The Labute approximate surface area is 80.9 Å². The standard InChI is InChI=1S/C11H21NO/c1-10(2,3)12-8-4-5-9(12)11(13)6-7-11/h9,13H,4-8H2,1-3H3. The van der Waals surface area contributed by atoms with Crippen molar-refractivity contribution in [3.05, 3.63) is 0 Å². The maximum absolute atomic E-state index is 10.1. The molecule has 0 amide bonds. The molecule has 0 spiro atoms. The first-order valence-electron chi connectivity index (χ1n) is 5.43. The van der Waals surface area contributed by atoms with Crippen molar-refractivity contribution in [1.29, 1.82) is 0 Å². The number of nitrogens with zero attached hydrogens (tertiary/aromatic N) is 1. The van der Waals surface area contributed by atoms with E-state index < -0.39 is 0 Å². The Morgan fingerprint density at radius 2 is 1.92 bits per heavy atom. The second-order valence-electron chi connectivity index (χ2n) is 5.63. The summed E-state index contributed by atoms with van der Waals surface area (Å²) in [6, 6.07) is 0.437. The Kier molecular flexibility index (Phi) is 1.97. The Balaban J connectivity index is 2.11. The fourth-order valence-electron chi connectivity index (χ4n) is 2.59. The highest BCUT2D eigenvalue weighted by Crippen LogP contribution is 2.46. The molecule has 0 bridgehead atoms. The van der Waals surface area contributed by atoms with Crippen LogP contribution < -0.4 is 0 Å². The third-order valence-corrected chi connectivity index (χ3v) is 3.50. The molecule has 2 aliphatic rings. The van der Waals surface area contributed by atoms with Crippen molar-refractivity contribution in [1.82, 2.24) is 4.90 Å². The van der Waals surface area contributed by atoms with Crippen molar-refractivity contribution in [3.63, 3.8) is 0 Å². The third-order valence-electron chi connectivity index (χ3n) is 3.50. The van der Waals surface area contributed by atoms with Gasteiger partial charge in [-0.15, -0.1) is 0 Å². The van der Waals surface area contributed by atoms with Crippen LogP contribution in [0.2, 0.25) is 0 Å². The molecule has 2 rings (SSSR count). The second kappa shape index (κ2) is 2.71. The molecule has 0 aromatic rings. The highest BCUT2D eigenvalue weighted by atomic mass is 16.3. The van der Waals surface area contributed by atoms with Gasteiger partial charge in [0.15, 0.2) is 0 Å². The Morgan fingerprint density at radius 3 is 2.38 bits per heavy atom. The molecule has 1 N–H and O–H groups in total. The lowest BCUT2D eigenvalue weighted by Crippen LogP contribution is -2.50. The first kappa shape index (κ1) is 9.47. The highest BCUT2D eigenvalue weighted by Gasteiger charge is 2.53. The summed E-state index contributed by atoms with van der Waals surface area (Å²) in [5.74, 6) is 0. The fraction of sp³-hybridized carbons (Fsp3) is 1.00. The maximum Gasteiger partial charge on any atom is 0.0804 e. The molecular formula is C11H21NO. The van der Waals surface area contributed by atoms with E-state index in [1.165, 1.54) is 12.8 Å². The molecule has 1 unspecified atom stereocenters. The SMILES string of the molecule is CC(C)(C)N1CCCC1C1(O)CC1. The summed E-state index contributed by atoms with van der Waals surface area (Å²) >= 11 is 0. The van der Waals surface area contributed by atoms with E-state index >= 15 is 0 Å². The molecule has 76 valence electrons. The van der Waals surface area contributed by atoms with Crippen LogP contribution in [0.25, 0.3) is 0 Å². The van der Waals surface area contributed by atoms with Gasteiger partial charge in [-0.1, -0.05) is 0 Å². The third kappa shape index (κ3) is 1.62. The summed E-state index contributed by atoms with van der Waals surface area (Å²) < 4.78 is 0. The number of hydrogen-bond donors (Lipinski definition) is 1. The summed E-state index contributed by atoms with van der Waals surface area (Å²) in [6.45, 7) is 7.90. The van der Waals surface area contributed by atoms with Gasteiger partial charge < -0.3 is 5.11 Å². The topological polar surface area (TPSA) is 23.5 Å². The van der Waals surface area contributed by atoms with Crippen molar-refractivity contribution < 1.29 is 5.11 Å². The predicted molar refractivity (Wildman–Crippen MR) is 53.7 cm³/mol. The lowest BCUT2D eigenvalue weighted by atomic mass is 10.0. The van der Waals surface area contributed by atoms with Crippen molar-refractivity contribution >= 4 is 0 Å². The van der Waals surface area contributed by atoms with E-state index in [1.807, 2.05) is 0 Å². The summed E-state index contributed by atoms with van der Waals surface area (Å²) in [5, 5.41) is 10.1. The van der Waals surface area contributed by atoms with Gasteiger partial charge in [0, 0.05) is 11.6 Å². The molecule has 2 fully saturated rings. The van der Waals surface area contributed by atoms with Gasteiger partial charge in [-0.25, -0.2) is 0 Å². The molecule has 1 saturated heterocycles. The van der Waals surface area contributed by atoms with Crippen LogP contribution in [0.4, 0.5) is 0 Å². The highest BCUT2D eigenvalue weighted by molar-refractivity contribution is 5.08. The maximum atomic E-state index is 10.1. The fourth-order valence-corrected chi connectivity index (χ4v) is 2.59. The van der Waals surface area contributed by atoms with E-state index in [4.69, 9.17) is 0 Å². The first-order chi connectivity index (χ1) is 5.93. The molecule has 1 heterocycles. The summed E-state index contributed by atoms with van der Waals surface area (Å²) in [6.07, 6.45) is 4.48. The van der Waals surface area contributed by atoms with Crippen molar-refractivity contribution in [2.45, 2.75) is 63.6 Å². The van der Waals surface area contributed by atoms with Crippen LogP contribution in [0.15, 0.2) is 0 Å². The minimum Gasteiger partial charge on any atom is -0.388 e. The van der Waals surface area contributed by atoms with E-state index in [0.717, 1.165) is 19.4 Å². The van der Waals surface area contributed by atoms with Gasteiger partial charge in [-0.05, 0) is 53.0 Å². The van der Waals surface area contributed by atoms with E-state index in [2.05, 4.69) is 25.7 Å². The van der Waals surface area contributed by atoms with Gasteiger partial charge >= 0.3 is 0 Å². The largest absolute Gasteiger partial charge is 0.388 e.